The maximum absolute atomic E-state index is 12.1. The highest BCUT2D eigenvalue weighted by molar-refractivity contribution is 5.26. The van der Waals surface area contributed by atoms with Gasteiger partial charge in [0, 0.05) is 12.3 Å². The van der Waals surface area contributed by atoms with Crippen LogP contribution in [0.3, 0.4) is 0 Å². The molecule has 0 spiro atoms. The van der Waals surface area contributed by atoms with Crippen molar-refractivity contribution < 1.29 is 119 Å². The minimum absolute atomic E-state index is 0.0861. The van der Waals surface area contributed by atoms with Gasteiger partial charge < -0.3 is 119 Å². The number of allylic oxidation sites excluding steroid dienone is 1. The summed E-state index contributed by atoms with van der Waals surface area (Å²) in [6, 6.07) is 0. The van der Waals surface area contributed by atoms with Crippen molar-refractivity contribution in [3.8, 4) is 0 Å². The predicted octanol–water partition coefficient (Wildman–Crippen LogP) is -4.08. The van der Waals surface area contributed by atoms with E-state index in [2.05, 4.69) is 26.8 Å². The minimum atomic E-state index is -2.00. The number of aliphatic hydroxyl groups is 15. The average Bonchev–Trinajstić information content (AvgIpc) is 3.82. The van der Waals surface area contributed by atoms with Crippen LogP contribution in [0.4, 0.5) is 0 Å². The largest absolute Gasteiger partial charge is 0.394 e. The van der Waals surface area contributed by atoms with Crippen molar-refractivity contribution in [2.75, 3.05) is 26.4 Å². The topological polar surface area (TPSA) is 387 Å². The number of rotatable bonds is 15. The molecule has 5 aliphatic heterocycles. The third-order valence-electron chi connectivity index (χ3n) is 19.2. The van der Waals surface area contributed by atoms with Crippen LogP contribution in [0.2, 0.25) is 0 Å². The Bertz CT molecular complexity index is 1920. The first-order valence-corrected chi connectivity index (χ1v) is 26.6. The van der Waals surface area contributed by atoms with E-state index in [1.54, 1.807) is 0 Å². The Morgan fingerprint density at radius 3 is 1.86 bits per heavy atom. The molecule has 5 heterocycles. The summed E-state index contributed by atoms with van der Waals surface area (Å²) in [6.45, 7) is 6.75. The van der Waals surface area contributed by atoms with Crippen molar-refractivity contribution in [3.05, 3.63) is 11.6 Å². The van der Waals surface area contributed by atoms with Crippen LogP contribution in [-0.4, -0.2) is 244 Å². The van der Waals surface area contributed by atoms with Gasteiger partial charge in [0.1, 0.15) is 91.6 Å². The van der Waals surface area contributed by atoms with Crippen molar-refractivity contribution >= 4 is 0 Å². The molecule has 24 heteroatoms. The number of aliphatic hydroxyl groups excluding tert-OH is 14. The molecule has 9 aliphatic rings. The van der Waals surface area contributed by atoms with Gasteiger partial charge in [-0.2, -0.15) is 0 Å². The standard InChI is InChI=1S/C50H82O24/c1-19(18-66-44-37(60)33(56)31(54)27(15-51)68-44)7-12-50(65)20(2)30-26(74-50)14-25-23-6-5-21-13-22(8-10-48(21,3)24(23)9-11-49(25,30)4)67-47-42(72-46-39(62)35(58)36(59)43(64)73-46)40(63)41(29(17-53)70-47)71-45-38(61)34(57)32(55)28(16-52)69-45/h5,19-20,22-47,51-65H,6-18H2,1-4H3. The molecule has 3 saturated carbocycles. The molecule has 0 aromatic heterocycles. The Morgan fingerprint density at radius 1 is 0.635 bits per heavy atom. The molecule has 426 valence electrons. The first-order chi connectivity index (χ1) is 35.0. The molecule has 4 aliphatic carbocycles. The molecule has 15 N–H and O–H groups in total. The molecule has 9 rings (SSSR count). The fourth-order valence-electron chi connectivity index (χ4n) is 14.8. The summed E-state index contributed by atoms with van der Waals surface area (Å²) in [5, 5.41) is 158. The van der Waals surface area contributed by atoms with Gasteiger partial charge in [-0.05, 0) is 91.8 Å². The molecule has 0 radical (unpaired) electrons. The van der Waals surface area contributed by atoms with Crippen LogP contribution in [0.25, 0.3) is 0 Å². The lowest BCUT2D eigenvalue weighted by molar-refractivity contribution is -0.400. The zero-order chi connectivity index (χ0) is 53.5. The first-order valence-electron chi connectivity index (χ1n) is 26.6. The monoisotopic (exact) mass is 1070 g/mol. The van der Waals surface area contributed by atoms with Crippen molar-refractivity contribution in [1.82, 2.24) is 0 Å². The van der Waals surface area contributed by atoms with E-state index in [0.717, 1.165) is 32.1 Å². The Kier molecular flexibility index (Phi) is 17.4. The van der Waals surface area contributed by atoms with Crippen molar-refractivity contribution in [1.29, 1.82) is 0 Å². The van der Waals surface area contributed by atoms with E-state index in [0.29, 0.717) is 43.4 Å². The molecule has 0 bridgehead atoms. The maximum Gasteiger partial charge on any atom is 0.189 e. The van der Waals surface area contributed by atoms with Gasteiger partial charge in [-0.1, -0.05) is 39.3 Å². The Hall–Kier alpha value is -1.22. The third kappa shape index (κ3) is 10.2. The first kappa shape index (κ1) is 57.5. The lowest BCUT2D eigenvalue weighted by Gasteiger charge is -2.58. The molecule has 74 heavy (non-hydrogen) atoms. The van der Waals surface area contributed by atoms with Gasteiger partial charge in [-0.15, -0.1) is 0 Å². The van der Waals surface area contributed by atoms with Crippen molar-refractivity contribution in [2.45, 2.75) is 226 Å². The summed E-state index contributed by atoms with van der Waals surface area (Å²) in [6.07, 6.45) is -25.1. The van der Waals surface area contributed by atoms with Crippen LogP contribution >= 0.6 is 0 Å². The Labute approximate surface area is 429 Å². The van der Waals surface area contributed by atoms with Crippen LogP contribution in [0.5, 0.6) is 0 Å². The van der Waals surface area contributed by atoms with Gasteiger partial charge >= 0.3 is 0 Å². The van der Waals surface area contributed by atoms with E-state index >= 15 is 0 Å². The van der Waals surface area contributed by atoms with E-state index in [-0.39, 0.29) is 41.3 Å². The van der Waals surface area contributed by atoms with Gasteiger partial charge in [0.05, 0.1) is 38.6 Å². The molecule has 31 atom stereocenters. The second kappa shape index (κ2) is 22.4. The molecule has 0 aromatic carbocycles. The van der Waals surface area contributed by atoms with E-state index < -0.39 is 155 Å². The molecular weight excluding hydrogens is 985 g/mol. The highest BCUT2D eigenvalue weighted by Gasteiger charge is 2.68. The SMILES string of the molecule is CC(CCC1(O)OC2CC3C4CC=C5CC(OC6OC(CO)C(OC7OC(CO)C(O)C(O)C7O)C(O)C6OC6OC(O)C(O)C(O)C6O)CCC5(C)C4CCC3(C)C2C1C)COC1OC(CO)C(O)C(O)C1O. The lowest BCUT2D eigenvalue weighted by Crippen LogP contribution is -2.67. The lowest BCUT2D eigenvalue weighted by atomic mass is 9.47. The summed E-state index contributed by atoms with van der Waals surface area (Å²) in [7, 11) is 0. The normalized spacial score (nSPS) is 54.9. The molecule has 5 saturated heterocycles. The second-order valence-electron chi connectivity index (χ2n) is 23.5. The van der Waals surface area contributed by atoms with E-state index in [1.165, 1.54) is 5.57 Å². The van der Waals surface area contributed by atoms with E-state index in [4.69, 9.17) is 42.6 Å². The van der Waals surface area contributed by atoms with Gasteiger partial charge in [-0.25, -0.2) is 0 Å². The Balaban J connectivity index is 0.849. The molecule has 31 unspecified atom stereocenters. The molecule has 8 fully saturated rings. The molecule has 0 amide bonds. The zero-order valence-electron chi connectivity index (χ0n) is 42.3. The highest BCUT2D eigenvalue weighted by Crippen LogP contribution is 2.70. The van der Waals surface area contributed by atoms with Crippen molar-refractivity contribution in [2.24, 2.45) is 46.3 Å². The van der Waals surface area contributed by atoms with Gasteiger partial charge in [-0.3, -0.25) is 0 Å². The summed E-state index contributed by atoms with van der Waals surface area (Å²) in [5.74, 6) is -0.417. The summed E-state index contributed by atoms with van der Waals surface area (Å²) >= 11 is 0. The maximum atomic E-state index is 12.1. The van der Waals surface area contributed by atoms with Gasteiger partial charge in [0.2, 0.25) is 0 Å². The average molecular weight is 1070 g/mol. The fourth-order valence-corrected chi connectivity index (χ4v) is 14.8. The van der Waals surface area contributed by atoms with Crippen molar-refractivity contribution in [3.63, 3.8) is 0 Å². The molecule has 24 nitrogen and oxygen atoms in total. The van der Waals surface area contributed by atoms with Crippen LogP contribution in [0, 0.1) is 46.3 Å². The van der Waals surface area contributed by atoms with E-state index in [1.807, 2.05) is 6.92 Å². The quantitative estimate of drug-likeness (QED) is 0.0694. The summed E-state index contributed by atoms with van der Waals surface area (Å²) in [4.78, 5) is 0. The number of hydrogen-bond donors (Lipinski definition) is 15. The van der Waals surface area contributed by atoms with Gasteiger partial charge in [0.15, 0.2) is 37.2 Å². The number of ether oxygens (including phenoxy) is 9. The molecule has 0 aromatic rings. The second-order valence-corrected chi connectivity index (χ2v) is 23.5. The van der Waals surface area contributed by atoms with Crippen LogP contribution < -0.4 is 0 Å². The minimum Gasteiger partial charge on any atom is -0.394 e. The highest BCUT2D eigenvalue weighted by atomic mass is 16.8. The summed E-state index contributed by atoms with van der Waals surface area (Å²) < 4.78 is 53.5. The van der Waals surface area contributed by atoms with Crippen LogP contribution in [0.15, 0.2) is 11.6 Å². The van der Waals surface area contributed by atoms with Crippen LogP contribution in [0.1, 0.15) is 85.5 Å². The van der Waals surface area contributed by atoms with Gasteiger partial charge in [0.25, 0.3) is 0 Å². The number of fused-ring (bicyclic) bond motifs is 7. The van der Waals surface area contributed by atoms with E-state index in [9.17, 15) is 76.6 Å². The number of hydrogen-bond acceptors (Lipinski definition) is 24. The Morgan fingerprint density at radius 2 is 1.22 bits per heavy atom. The third-order valence-corrected chi connectivity index (χ3v) is 19.2. The zero-order valence-corrected chi connectivity index (χ0v) is 42.3. The van der Waals surface area contributed by atoms with Crippen LogP contribution in [-0.2, 0) is 42.6 Å². The molecular formula is C50H82O24. The fraction of sp³-hybridized carbons (Fsp3) is 0.960. The summed E-state index contributed by atoms with van der Waals surface area (Å²) in [5.41, 5.74) is 0.941. The predicted molar refractivity (Wildman–Crippen MR) is 247 cm³/mol. The smallest absolute Gasteiger partial charge is 0.189 e.